The van der Waals surface area contributed by atoms with E-state index in [0.29, 0.717) is 16.3 Å². The fourth-order valence-corrected chi connectivity index (χ4v) is 7.60. The van der Waals surface area contributed by atoms with Gasteiger partial charge in [-0.3, -0.25) is 18.7 Å². The summed E-state index contributed by atoms with van der Waals surface area (Å²) in [7, 11) is -2.05. The quantitative estimate of drug-likeness (QED) is 0.566. The molecule has 1 aromatic heterocycles. The van der Waals surface area contributed by atoms with E-state index in [1.54, 1.807) is 31.4 Å². The molecule has 0 radical (unpaired) electrons. The Morgan fingerprint density at radius 1 is 1.35 bits per heavy atom. The van der Waals surface area contributed by atoms with Crippen LogP contribution in [0.3, 0.4) is 0 Å². The standard InChI is InChI=1S/C23H28N2O6S3/c1-14-9-10-23(22(3,30)21(29)32-4)12-19(28)25(34(23)31)15(2)20-24-16(13-33-20)7-5-6-8-17(26)18(27)11-14/h5-8,11,13,15,18,27,30H,9-10,12H2,1-4H3/b7-5-,8-6+,14-11+. The number of ketones is 1. The molecule has 2 aliphatic rings. The molecule has 1 aromatic rings. The zero-order valence-corrected chi connectivity index (χ0v) is 21.8. The number of hydrogen-bond donors (Lipinski definition) is 2. The van der Waals surface area contributed by atoms with Crippen molar-refractivity contribution < 1.29 is 28.8 Å². The Balaban J connectivity index is 2.13. The van der Waals surface area contributed by atoms with Crippen molar-refractivity contribution in [1.82, 2.24) is 9.29 Å². The number of rotatable bonds is 2. The molecule has 0 aromatic carbocycles. The Bertz CT molecular complexity index is 1110. The van der Waals surface area contributed by atoms with Gasteiger partial charge in [0.15, 0.2) is 5.78 Å². The lowest BCUT2D eigenvalue weighted by Crippen LogP contribution is -2.58. The van der Waals surface area contributed by atoms with Crippen molar-refractivity contribution in [2.24, 2.45) is 0 Å². The first-order chi connectivity index (χ1) is 15.9. The second kappa shape index (κ2) is 10.4. The summed E-state index contributed by atoms with van der Waals surface area (Å²) in [5.74, 6) is -0.945. The first-order valence-electron chi connectivity index (χ1n) is 10.7. The van der Waals surface area contributed by atoms with E-state index in [1.165, 1.54) is 47.0 Å². The highest BCUT2D eigenvalue weighted by atomic mass is 32.2. The number of fused-ring (bicyclic) bond motifs is 4. The van der Waals surface area contributed by atoms with Crippen molar-refractivity contribution in [2.45, 2.75) is 62.5 Å². The number of carbonyl (C=O) groups is 3. The highest BCUT2D eigenvalue weighted by Gasteiger charge is 2.63. The monoisotopic (exact) mass is 524 g/mol. The molecule has 34 heavy (non-hydrogen) atoms. The van der Waals surface area contributed by atoms with E-state index in [-0.39, 0.29) is 19.3 Å². The zero-order valence-electron chi connectivity index (χ0n) is 19.4. The molecule has 1 saturated heterocycles. The van der Waals surface area contributed by atoms with Crippen LogP contribution in [0.25, 0.3) is 6.08 Å². The van der Waals surface area contributed by atoms with Crippen LogP contribution in [0.4, 0.5) is 0 Å². The maximum atomic E-state index is 13.9. The average molecular weight is 525 g/mol. The summed E-state index contributed by atoms with van der Waals surface area (Å²) in [4.78, 5) is 42.7. The minimum absolute atomic E-state index is 0.0393. The average Bonchev–Trinajstić information content (AvgIpc) is 3.36. The summed E-state index contributed by atoms with van der Waals surface area (Å²) in [5, 5.41) is 23.4. The fraction of sp³-hybridized carbons (Fsp3) is 0.478. The lowest BCUT2D eigenvalue weighted by atomic mass is 9.81. The van der Waals surface area contributed by atoms with Crippen LogP contribution >= 0.6 is 23.1 Å². The zero-order chi connectivity index (χ0) is 25.3. The summed E-state index contributed by atoms with van der Waals surface area (Å²) in [6, 6.07) is -0.631. The topological polar surface area (TPSA) is 125 Å². The third kappa shape index (κ3) is 4.90. The fourth-order valence-electron chi connectivity index (χ4n) is 4.08. The number of aliphatic hydroxyl groups is 2. The van der Waals surface area contributed by atoms with Gasteiger partial charge in [-0.15, -0.1) is 11.3 Å². The Hall–Kier alpha value is -1.92. The van der Waals surface area contributed by atoms with Gasteiger partial charge < -0.3 is 10.2 Å². The molecule has 4 bridgehead atoms. The van der Waals surface area contributed by atoms with E-state index in [2.05, 4.69) is 4.98 Å². The summed E-state index contributed by atoms with van der Waals surface area (Å²) in [6.45, 7) is 4.73. The van der Waals surface area contributed by atoms with Crippen molar-refractivity contribution in [3.63, 3.8) is 0 Å². The van der Waals surface area contributed by atoms with Crippen LogP contribution in [0, 0.1) is 0 Å². The predicted molar refractivity (Wildman–Crippen MR) is 134 cm³/mol. The van der Waals surface area contributed by atoms with E-state index in [9.17, 15) is 28.8 Å². The summed E-state index contributed by atoms with van der Waals surface area (Å²) in [5.41, 5.74) is -0.850. The van der Waals surface area contributed by atoms with Crippen LogP contribution in [-0.2, 0) is 25.4 Å². The number of hydrogen-bond acceptors (Lipinski definition) is 9. The number of carbonyl (C=O) groups excluding carboxylic acids is 3. The first-order valence-corrected chi connectivity index (χ1v) is 13.9. The summed E-state index contributed by atoms with van der Waals surface area (Å²) >= 11 is 2.11. The van der Waals surface area contributed by atoms with Crippen molar-refractivity contribution in [1.29, 1.82) is 0 Å². The number of amides is 1. The maximum absolute atomic E-state index is 13.9. The molecule has 2 N–H and O–H groups in total. The molecule has 2 aliphatic heterocycles. The van der Waals surface area contributed by atoms with Crippen LogP contribution in [-0.4, -0.2) is 63.2 Å². The van der Waals surface area contributed by atoms with Crippen molar-refractivity contribution in [3.8, 4) is 0 Å². The van der Waals surface area contributed by atoms with Gasteiger partial charge in [-0.25, -0.2) is 9.19 Å². The molecule has 3 rings (SSSR count). The molecule has 5 atom stereocenters. The van der Waals surface area contributed by atoms with Gasteiger partial charge in [0.2, 0.25) is 11.0 Å². The second-order valence-electron chi connectivity index (χ2n) is 8.57. The molecule has 11 heteroatoms. The van der Waals surface area contributed by atoms with Gasteiger partial charge in [-0.2, -0.15) is 0 Å². The molecule has 3 heterocycles. The van der Waals surface area contributed by atoms with Gasteiger partial charge in [0.25, 0.3) is 0 Å². The van der Waals surface area contributed by atoms with Crippen molar-refractivity contribution in [2.75, 3.05) is 6.26 Å². The van der Waals surface area contributed by atoms with Gasteiger partial charge in [-0.05, 0) is 58.1 Å². The number of thioether (sulfide) groups is 1. The van der Waals surface area contributed by atoms with E-state index < -0.39 is 50.3 Å². The van der Waals surface area contributed by atoms with Gasteiger partial charge in [0, 0.05) is 5.38 Å². The molecule has 1 amide bonds. The lowest BCUT2D eigenvalue weighted by molar-refractivity contribution is -0.132. The SMILES string of the molecule is CSC(=O)C(C)(O)C12CC/C(C)=C/C(O)C(=O)/C=C/C=C\c3csc(n3)C(C)N(C(=O)C1)S2=O. The van der Waals surface area contributed by atoms with Gasteiger partial charge in [0.1, 0.15) is 32.4 Å². The molecule has 0 spiro atoms. The summed E-state index contributed by atoms with van der Waals surface area (Å²) in [6.07, 6.45) is 7.60. The molecule has 5 unspecified atom stereocenters. The second-order valence-corrected chi connectivity index (χ2v) is 11.9. The number of aromatic nitrogens is 1. The first kappa shape index (κ1) is 26.7. The minimum Gasteiger partial charge on any atom is -0.381 e. The Morgan fingerprint density at radius 3 is 2.71 bits per heavy atom. The molecular weight excluding hydrogens is 496 g/mol. The Morgan fingerprint density at radius 2 is 2.03 bits per heavy atom. The van der Waals surface area contributed by atoms with Gasteiger partial charge in [0.05, 0.1) is 18.2 Å². The molecule has 1 fully saturated rings. The van der Waals surface area contributed by atoms with E-state index in [4.69, 9.17) is 0 Å². The summed E-state index contributed by atoms with van der Waals surface area (Å²) < 4.78 is 13.6. The maximum Gasteiger partial charge on any atom is 0.236 e. The smallest absolute Gasteiger partial charge is 0.236 e. The van der Waals surface area contributed by atoms with Crippen LogP contribution < -0.4 is 0 Å². The van der Waals surface area contributed by atoms with Crippen molar-refractivity contribution in [3.05, 3.63) is 46.0 Å². The highest BCUT2D eigenvalue weighted by molar-refractivity contribution is 8.13. The van der Waals surface area contributed by atoms with E-state index >= 15 is 0 Å². The van der Waals surface area contributed by atoms with Crippen LogP contribution in [0.15, 0.2) is 35.3 Å². The Kier molecular flexibility index (Phi) is 8.14. The normalized spacial score (nSPS) is 33.5. The molecule has 8 nitrogen and oxygen atoms in total. The highest BCUT2D eigenvalue weighted by Crippen LogP contribution is 2.48. The third-order valence-electron chi connectivity index (χ3n) is 6.21. The van der Waals surface area contributed by atoms with Crippen LogP contribution in [0.2, 0.25) is 0 Å². The van der Waals surface area contributed by atoms with Crippen molar-refractivity contribution >= 4 is 57.0 Å². The van der Waals surface area contributed by atoms with Crippen LogP contribution in [0.1, 0.15) is 56.8 Å². The molecule has 0 aliphatic carbocycles. The van der Waals surface area contributed by atoms with E-state index in [0.717, 1.165) is 11.8 Å². The third-order valence-corrected chi connectivity index (χ3v) is 10.3. The number of allylic oxidation sites excluding steroid dienone is 3. The number of aliphatic hydroxyl groups excluding tert-OH is 1. The van der Waals surface area contributed by atoms with Gasteiger partial charge >= 0.3 is 0 Å². The minimum atomic E-state index is -2.06. The molecule has 0 saturated carbocycles. The van der Waals surface area contributed by atoms with Crippen LogP contribution in [0.5, 0.6) is 0 Å². The van der Waals surface area contributed by atoms with E-state index in [1.807, 2.05) is 0 Å². The predicted octanol–water partition coefficient (Wildman–Crippen LogP) is 2.72. The molecular formula is C23H28N2O6S3. The molecule has 184 valence electrons. The van der Waals surface area contributed by atoms with Gasteiger partial charge in [-0.1, -0.05) is 29.5 Å². The number of thiazole rings is 1. The number of nitrogens with zero attached hydrogens (tertiary/aromatic N) is 2. The Labute approximate surface area is 209 Å². The lowest BCUT2D eigenvalue weighted by Gasteiger charge is -2.39. The largest absolute Gasteiger partial charge is 0.381 e.